The summed E-state index contributed by atoms with van der Waals surface area (Å²) in [6, 6.07) is 0. The third-order valence-electron chi connectivity index (χ3n) is 5.11. The fourth-order valence-corrected chi connectivity index (χ4v) is 3.55. The lowest BCUT2D eigenvalue weighted by atomic mass is 9.70. The minimum atomic E-state index is -0.801. The first-order chi connectivity index (χ1) is 9.89. The molecule has 0 amide bonds. The average molecular weight is 294 g/mol. The van der Waals surface area contributed by atoms with Gasteiger partial charge in [0.05, 0.1) is 30.8 Å². The van der Waals surface area contributed by atoms with Crippen LogP contribution in [-0.2, 0) is 11.3 Å². The van der Waals surface area contributed by atoms with Gasteiger partial charge in [0.2, 0.25) is 5.82 Å². The van der Waals surface area contributed by atoms with Crippen molar-refractivity contribution in [3.05, 3.63) is 28.7 Å². The lowest BCUT2D eigenvalue weighted by Gasteiger charge is -2.41. The van der Waals surface area contributed by atoms with E-state index in [2.05, 4.69) is 18.8 Å². The van der Waals surface area contributed by atoms with Gasteiger partial charge in [-0.1, -0.05) is 13.8 Å². The van der Waals surface area contributed by atoms with Crippen LogP contribution in [0.4, 0.5) is 4.39 Å². The van der Waals surface area contributed by atoms with Crippen molar-refractivity contribution in [3.63, 3.8) is 0 Å². The Bertz CT molecular complexity index is 572. The molecule has 21 heavy (non-hydrogen) atoms. The van der Waals surface area contributed by atoms with E-state index >= 15 is 0 Å². The Morgan fingerprint density at radius 1 is 1.33 bits per heavy atom. The molecule has 1 unspecified atom stereocenters. The molecule has 2 heterocycles. The molecule has 3 rings (SSSR count). The second-order valence-electron chi connectivity index (χ2n) is 7.32. The number of halogens is 1. The van der Waals surface area contributed by atoms with E-state index in [9.17, 15) is 9.18 Å². The zero-order valence-corrected chi connectivity index (χ0v) is 12.8. The van der Waals surface area contributed by atoms with Crippen LogP contribution in [-0.4, -0.2) is 21.3 Å². The molecule has 1 aromatic rings. The van der Waals surface area contributed by atoms with E-state index in [0.717, 1.165) is 31.9 Å². The summed E-state index contributed by atoms with van der Waals surface area (Å²) >= 11 is 0. The molecule has 116 valence electrons. The van der Waals surface area contributed by atoms with Crippen molar-refractivity contribution in [1.82, 2.24) is 9.55 Å². The highest BCUT2D eigenvalue weighted by Crippen LogP contribution is 2.47. The number of ether oxygens (including phenoxy) is 1. The van der Waals surface area contributed by atoms with E-state index < -0.39 is 11.4 Å². The first-order valence-corrected chi connectivity index (χ1v) is 7.77. The van der Waals surface area contributed by atoms with E-state index in [0.29, 0.717) is 12.0 Å². The summed E-state index contributed by atoms with van der Waals surface area (Å²) in [6.07, 6.45) is 8.87. The SMILES string of the molecule is CC1(C)CCC2(CCC(Cn3cncc(F)c3=O)O2)CC1. The fraction of sp³-hybridized carbons (Fsp3) is 0.750. The molecule has 5 heteroatoms. The first-order valence-electron chi connectivity index (χ1n) is 7.77. The maximum Gasteiger partial charge on any atom is 0.289 e. The molecule has 0 bridgehead atoms. The number of hydrogen-bond donors (Lipinski definition) is 0. The van der Waals surface area contributed by atoms with Gasteiger partial charge in [0.15, 0.2) is 0 Å². The molecule has 0 N–H and O–H groups in total. The molecule has 1 atom stereocenters. The van der Waals surface area contributed by atoms with E-state index in [1.54, 1.807) is 0 Å². The molecule has 1 spiro atoms. The van der Waals surface area contributed by atoms with Gasteiger partial charge in [-0.15, -0.1) is 0 Å². The third-order valence-corrected chi connectivity index (χ3v) is 5.11. The standard InChI is InChI=1S/C16H23FN2O2/c1-15(2)5-7-16(8-6-15)4-3-12(21-16)10-19-11-18-9-13(17)14(19)20/h9,11-12H,3-8,10H2,1-2H3. The number of aromatic nitrogens is 2. The molecular weight excluding hydrogens is 271 g/mol. The highest BCUT2D eigenvalue weighted by atomic mass is 19.1. The number of nitrogens with zero attached hydrogens (tertiary/aromatic N) is 2. The molecular formula is C16H23FN2O2. The quantitative estimate of drug-likeness (QED) is 0.842. The molecule has 1 saturated heterocycles. The summed E-state index contributed by atoms with van der Waals surface area (Å²) in [5, 5.41) is 0. The first kappa shape index (κ1) is 14.7. The van der Waals surface area contributed by atoms with Crippen molar-refractivity contribution in [3.8, 4) is 0 Å². The summed E-state index contributed by atoms with van der Waals surface area (Å²) in [5.41, 5.74) is -0.208. The molecule has 1 aliphatic heterocycles. The lowest BCUT2D eigenvalue weighted by molar-refractivity contribution is -0.0846. The van der Waals surface area contributed by atoms with Gasteiger partial charge in [0.25, 0.3) is 5.56 Å². The zero-order chi connectivity index (χ0) is 15.1. The third kappa shape index (κ3) is 3.03. The van der Waals surface area contributed by atoms with Crippen molar-refractivity contribution in [2.24, 2.45) is 5.41 Å². The second kappa shape index (κ2) is 5.20. The molecule has 1 aromatic heterocycles. The van der Waals surface area contributed by atoms with Crippen LogP contribution in [0.15, 0.2) is 17.3 Å². The average Bonchev–Trinajstić information content (AvgIpc) is 2.83. The lowest BCUT2D eigenvalue weighted by Crippen LogP contribution is -2.38. The second-order valence-corrected chi connectivity index (χ2v) is 7.32. The smallest absolute Gasteiger partial charge is 0.289 e. The Labute approximate surface area is 124 Å². The highest BCUT2D eigenvalue weighted by molar-refractivity contribution is 4.96. The Kier molecular flexibility index (Phi) is 3.64. The number of rotatable bonds is 2. The molecule has 1 aliphatic carbocycles. The van der Waals surface area contributed by atoms with Crippen molar-refractivity contribution in [2.45, 2.75) is 70.6 Å². The molecule has 4 nitrogen and oxygen atoms in total. The molecule has 0 radical (unpaired) electrons. The predicted molar refractivity (Wildman–Crippen MR) is 77.5 cm³/mol. The molecule has 2 fully saturated rings. The predicted octanol–water partition coefficient (Wildman–Crippen LogP) is 2.90. The van der Waals surface area contributed by atoms with Crippen LogP contribution in [0, 0.1) is 11.2 Å². The van der Waals surface area contributed by atoms with Crippen LogP contribution < -0.4 is 5.56 Å². The van der Waals surface area contributed by atoms with Crippen LogP contribution in [0.5, 0.6) is 0 Å². The van der Waals surface area contributed by atoms with Crippen molar-refractivity contribution >= 4 is 0 Å². The molecule has 2 aliphatic rings. The summed E-state index contributed by atoms with van der Waals surface area (Å²) in [7, 11) is 0. The van der Waals surface area contributed by atoms with Gasteiger partial charge in [0, 0.05) is 0 Å². The van der Waals surface area contributed by atoms with E-state index in [1.165, 1.54) is 23.7 Å². The van der Waals surface area contributed by atoms with E-state index in [4.69, 9.17) is 4.74 Å². The minimum Gasteiger partial charge on any atom is -0.370 e. The number of hydrogen-bond acceptors (Lipinski definition) is 3. The van der Waals surface area contributed by atoms with Crippen LogP contribution in [0.1, 0.15) is 52.4 Å². The van der Waals surface area contributed by atoms with E-state index in [-0.39, 0.29) is 11.7 Å². The van der Waals surface area contributed by atoms with Crippen molar-refractivity contribution < 1.29 is 9.13 Å². The van der Waals surface area contributed by atoms with Gasteiger partial charge in [0.1, 0.15) is 0 Å². The largest absolute Gasteiger partial charge is 0.370 e. The van der Waals surface area contributed by atoms with Gasteiger partial charge in [-0.25, -0.2) is 4.98 Å². The van der Waals surface area contributed by atoms with Gasteiger partial charge in [-0.2, -0.15) is 4.39 Å². The van der Waals surface area contributed by atoms with Gasteiger partial charge < -0.3 is 4.74 Å². The summed E-state index contributed by atoms with van der Waals surface area (Å²) in [6.45, 7) is 5.02. The topological polar surface area (TPSA) is 44.1 Å². The minimum absolute atomic E-state index is 0.00693. The van der Waals surface area contributed by atoms with Gasteiger partial charge in [-0.3, -0.25) is 9.36 Å². The fourth-order valence-electron chi connectivity index (χ4n) is 3.55. The zero-order valence-electron chi connectivity index (χ0n) is 12.8. The Morgan fingerprint density at radius 2 is 2.05 bits per heavy atom. The van der Waals surface area contributed by atoms with Crippen molar-refractivity contribution in [2.75, 3.05) is 0 Å². The Hall–Kier alpha value is -1.23. The van der Waals surface area contributed by atoms with Crippen LogP contribution in [0.25, 0.3) is 0 Å². The van der Waals surface area contributed by atoms with E-state index in [1.807, 2.05) is 0 Å². The summed E-state index contributed by atoms with van der Waals surface area (Å²) < 4.78 is 20.8. The monoisotopic (exact) mass is 294 g/mol. The summed E-state index contributed by atoms with van der Waals surface area (Å²) in [4.78, 5) is 15.4. The Morgan fingerprint density at radius 3 is 2.76 bits per heavy atom. The van der Waals surface area contributed by atoms with Crippen LogP contribution in [0.3, 0.4) is 0 Å². The maximum atomic E-state index is 13.3. The molecule has 1 saturated carbocycles. The van der Waals surface area contributed by atoms with Crippen LogP contribution >= 0.6 is 0 Å². The van der Waals surface area contributed by atoms with Crippen LogP contribution in [0.2, 0.25) is 0 Å². The van der Waals surface area contributed by atoms with Crippen molar-refractivity contribution in [1.29, 1.82) is 0 Å². The molecule has 0 aromatic carbocycles. The maximum absolute atomic E-state index is 13.3. The highest BCUT2D eigenvalue weighted by Gasteiger charge is 2.44. The Balaban J connectivity index is 1.65. The normalized spacial score (nSPS) is 27.1. The summed E-state index contributed by atoms with van der Waals surface area (Å²) in [5.74, 6) is -0.801. The van der Waals surface area contributed by atoms with Gasteiger partial charge >= 0.3 is 0 Å². The van der Waals surface area contributed by atoms with Gasteiger partial charge in [-0.05, 0) is 43.9 Å².